The number of para-hydroxylation sites is 1. The molecule has 0 unspecified atom stereocenters. The van der Waals surface area contributed by atoms with Gasteiger partial charge >= 0.3 is 0 Å². The number of anilines is 6. The van der Waals surface area contributed by atoms with Crippen LogP contribution in [0.15, 0.2) is 309 Å². The van der Waals surface area contributed by atoms with Crippen molar-refractivity contribution in [1.82, 2.24) is 4.57 Å². The minimum absolute atomic E-state index is 0.00459. The lowest BCUT2D eigenvalue weighted by Gasteiger charge is -2.46. The van der Waals surface area contributed by atoms with Crippen molar-refractivity contribution in [3.8, 4) is 61.3 Å². The molecule has 0 aliphatic carbocycles. The molecule has 0 saturated heterocycles. The van der Waals surface area contributed by atoms with E-state index in [2.05, 4.69) is 368 Å². The predicted octanol–water partition coefficient (Wildman–Crippen LogP) is 26.4. The van der Waals surface area contributed by atoms with Crippen LogP contribution in [-0.2, 0) is 16.2 Å². The fraction of sp³-hybridized carbons (Fsp3) is 0.120. The predicted molar refractivity (Wildman–Crippen MR) is 455 cm³/mol. The SMILES string of the molecule is [2H]c1c([2H])c(-n2c3ccccc3c3cc4ccc5cccc6ccc(c4c56)c32)c([2H])c2c1B1c3sc4c(-c5cccc6ccccc56)cccc4c3N(c3c(-c4ccccc4)cc(C(C)(C)C)cc3-c3ccccc3)c3cc(C(C)(C)C)cc(c31)N2c1c(-c2ccccc2)cc(C(C)(C)C)cc1-c1ccccc1. The van der Waals surface area contributed by atoms with Crippen LogP contribution < -0.4 is 25.5 Å². The monoisotopic (exact) mass is 1370 g/mol. The summed E-state index contributed by atoms with van der Waals surface area (Å²) in [6, 6.07) is 107. The number of fused-ring (bicyclic) bond motifs is 11. The Bertz CT molecular complexity index is 6640. The molecule has 2 aliphatic heterocycles. The summed E-state index contributed by atoms with van der Waals surface area (Å²) in [7, 11) is 0. The third kappa shape index (κ3) is 9.77. The third-order valence-electron chi connectivity index (χ3n) is 22.6. The lowest BCUT2D eigenvalue weighted by atomic mass is 9.36. The molecule has 2 aromatic heterocycles. The zero-order chi connectivity index (χ0) is 73.6. The Morgan fingerprint density at radius 2 is 0.790 bits per heavy atom. The molecular weight excluding hydrogens is 1290 g/mol. The highest BCUT2D eigenvalue weighted by molar-refractivity contribution is 7.34. The minimum Gasteiger partial charge on any atom is -0.310 e. The van der Waals surface area contributed by atoms with Crippen LogP contribution in [0.4, 0.5) is 34.1 Å². The molecule has 18 aromatic rings. The molecule has 16 aromatic carbocycles. The molecule has 4 heterocycles. The Hall–Kier alpha value is -11.8. The highest BCUT2D eigenvalue weighted by atomic mass is 32.1. The first-order valence-corrected chi connectivity index (χ1v) is 37.7. The Morgan fingerprint density at radius 1 is 0.333 bits per heavy atom. The summed E-state index contributed by atoms with van der Waals surface area (Å²) in [5, 5.41) is 12.3. The van der Waals surface area contributed by atoms with Crippen molar-refractivity contribution >= 4 is 143 Å². The quantitative estimate of drug-likeness (QED) is 0.111. The molecule has 0 fully saturated rings. The van der Waals surface area contributed by atoms with Gasteiger partial charge < -0.3 is 14.4 Å². The van der Waals surface area contributed by atoms with E-state index in [4.69, 9.17) is 0 Å². The van der Waals surface area contributed by atoms with Gasteiger partial charge in [-0.25, -0.2) is 0 Å². The van der Waals surface area contributed by atoms with E-state index in [0.717, 1.165) is 170 Å². The summed E-state index contributed by atoms with van der Waals surface area (Å²) in [6.07, 6.45) is 0. The van der Waals surface area contributed by atoms with Gasteiger partial charge in [0.05, 0.1) is 32.2 Å². The topological polar surface area (TPSA) is 11.4 Å². The second-order valence-corrected chi connectivity index (χ2v) is 33.1. The van der Waals surface area contributed by atoms with Crippen molar-refractivity contribution in [2.75, 3.05) is 9.80 Å². The van der Waals surface area contributed by atoms with E-state index in [1.807, 2.05) is 11.3 Å². The molecule has 0 bridgehead atoms. The molecule has 2 aliphatic rings. The Morgan fingerprint density at radius 3 is 1.38 bits per heavy atom. The fourth-order valence-electron chi connectivity index (χ4n) is 17.4. The summed E-state index contributed by atoms with van der Waals surface area (Å²) >= 11 is 1.81. The molecule has 20 rings (SSSR count). The standard InChI is InChI=1S/C100H78BN3S/c1-98(2,3)69-54-79(62-29-14-10-15-30-62)93(80(55-69)63-31-16-11-17-32-63)103-86-60-72(102-85-46-25-24-42-75(85)83-53-68-48-47-66-39-26-40-67-49-51-77(92(83)102)90(68)89(66)67)50-52-84(86)101-91-87(103)58-71(100(7,8)9)59-88(91)104(95-78-45-28-44-76(96(78)105-97(95)101)74-43-27-38-61-37-22-23-41-73(61)74)94-81(64-33-18-12-19-34-64)56-70(99(4,5)6)57-82(94)65-35-20-13-21-36-65/h10-60H,1-9H3/i50D,52D,60D. The summed E-state index contributed by atoms with van der Waals surface area (Å²) in [5.74, 6) is 0. The number of hydrogen-bond acceptors (Lipinski definition) is 3. The van der Waals surface area contributed by atoms with E-state index < -0.39 is 12.1 Å². The average molecular weight is 1370 g/mol. The van der Waals surface area contributed by atoms with Gasteiger partial charge in [-0.2, -0.15) is 0 Å². The van der Waals surface area contributed by atoms with Crippen LogP contribution in [0.1, 0.15) is 83.1 Å². The van der Waals surface area contributed by atoms with E-state index in [-0.39, 0.29) is 29.0 Å². The second kappa shape index (κ2) is 23.4. The number of thiophene rings is 1. The van der Waals surface area contributed by atoms with E-state index in [9.17, 15) is 4.11 Å². The highest BCUT2D eigenvalue weighted by Crippen LogP contribution is 2.58. The zero-order valence-corrected chi connectivity index (χ0v) is 61.4. The molecule has 3 nitrogen and oxygen atoms in total. The highest BCUT2D eigenvalue weighted by Gasteiger charge is 2.48. The van der Waals surface area contributed by atoms with Crippen LogP contribution in [0.2, 0.25) is 0 Å². The smallest absolute Gasteiger partial charge is 0.264 e. The van der Waals surface area contributed by atoms with Crippen molar-refractivity contribution in [2.45, 2.75) is 78.6 Å². The largest absolute Gasteiger partial charge is 0.310 e. The summed E-state index contributed by atoms with van der Waals surface area (Å²) in [4.78, 5) is 5.10. The first kappa shape index (κ1) is 59.7. The van der Waals surface area contributed by atoms with Crippen molar-refractivity contribution < 1.29 is 4.11 Å². The van der Waals surface area contributed by atoms with Crippen molar-refractivity contribution in [3.05, 3.63) is 326 Å². The van der Waals surface area contributed by atoms with Gasteiger partial charge in [0.2, 0.25) is 0 Å². The Labute approximate surface area is 623 Å². The van der Waals surface area contributed by atoms with Crippen LogP contribution in [0.3, 0.4) is 0 Å². The summed E-state index contributed by atoms with van der Waals surface area (Å²) in [5.41, 5.74) is 22.4. The van der Waals surface area contributed by atoms with Crippen LogP contribution in [0.5, 0.6) is 0 Å². The zero-order valence-electron chi connectivity index (χ0n) is 63.5. The van der Waals surface area contributed by atoms with Crippen LogP contribution in [0.25, 0.3) is 136 Å². The van der Waals surface area contributed by atoms with Gasteiger partial charge in [-0.15, -0.1) is 11.3 Å². The molecular formula is C100H78BN3S. The molecule has 0 amide bonds. The van der Waals surface area contributed by atoms with Gasteiger partial charge in [-0.3, -0.25) is 0 Å². The number of rotatable bonds is 8. The molecule has 502 valence electrons. The summed E-state index contributed by atoms with van der Waals surface area (Å²) < 4.78 is 39.5. The van der Waals surface area contributed by atoms with E-state index in [1.165, 1.54) is 16.3 Å². The van der Waals surface area contributed by atoms with E-state index in [1.54, 1.807) is 0 Å². The number of nitrogens with zero attached hydrogens (tertiary/aromatic N) is 3. The Kier molecular flexibility index (Phi) is 13.3. The first-order valence-electron chi connectivity index (χ1n) is 38.4. The lowest BCUT2D eigenvalue weighted by molar-refractivity contribution is 0.590. The van der Waals surface area contributed by atoms with Gasteiger partial charge in [0.1, 0.15) is 0 Å². The second-order valence-electron chi connectivity index (χ2n) is 32.1. The molecule has 0 radical (unpaired) electrons. The maximum Gasteiger partial charge on any atom is 0.264 e. The lowest BCUT2D eigenvalue weighted by Crippen LogP contribution is -2.60. The van der Waals surface area contributed by atoms with Crippen LogP contribution in [-0.4, -0.2) is 11.3 Å². The maximum atomic E-state index is 12.1. The molecule has 5 heteroatoms. The van der Waals surface area contributed by atoms with Gasteiger partial charge in [0.25, 0.3) is 6.71 Å². The Balaban J connectivity index is 1.02. The van der Waals surface area contributed by atoms with Gasteiger partial charge in [-0.05, 0) is 170 Å². The first-order chi connectivity index (χ1) is 52.3. The van der Waals surface area contributed by atoms with Crippen LogP contribution >= 0.6 is 11.3 Å². The van der Waals surface area contributed by atoms with Crippen molar-refractivity contribution in [2.24, 2.45) is 0 Å². The average Bonchev–Trinajstić information content (AvgIpc) is 0.731. The number of hydrogen-bond donors (Lipinski definition) is 0. The molecule has 105 heavy (non-hydrogen) atoms. The normalized spacial score (nSPS) is 13.5. The third-order valence-corrected chi connectivity index (χ3v) is 23.9. The summed E-state index contributed by atoms with van der Waals surface area (Å²) in [6.45, 7) is 20.2. The van der Waals surface area contributed by atoms with E-state index in [0.29, 0.717) is 16.8 Å². The van der Waals surface area contributed by atoms with Crippen molar-refractivity contribution in [1.29, 1.82) is 0 Å². The van der Waals surface area contributed by atoms with Crippen LogP contribution in [0, 0.1) is 0 Å². The molecule has 0 saturated carbocycles. The fourth-order valence-corrected chi connectivity index (χ4v) is 18.8. The molecule has 0 atom stereocenters. The van der Waals surface area contributed by atoms with E-state index >= 15 is 0 Å². The number of aromatic nitrogens is 1. The molecule has 0 N–H and O–H groups in total. The minimum atomic E-state index is -0.673. The maximum absolute atomic E-state index is 12.1. The van der Waals surface area contributed by atoms with Crippen molar-refractivity contribution in [3.63, 3.8) is 0 Å². The van der Waals surface area contributed by atoms with Gasteiger partial charge in [-0.1, -0.05) is 311 Å². The van der Waals surface area contributed by atoms with Gasteiger partial charge in [0.15, 0.2) is 0 Å². The van der Waals surface area contributed by atoms with Gasteiger partial charge in [0, 0.05) is 81.6 Å². The molecule has 0 spiro atoms. The number of benzene rings is 16.